The predicted molar refractivity (Wildman–Crippen MR) is 112 cm³/mol. The van der Waals surface area contributed by atoms with E-state index in [-0.39, 0.29) is 17.2 Å². The number of nitrogens with one attached hydrogen (secondary N) is 1. The van der Waals surface area contributed by atoms with E-state index in [1.807, 2.05) is 55.7 Å². The molecule has 3 aromatic rings. The molecular weight excluding hydrogens is 372 g/mol. The molecule has 28 heavy (non-hydrogen) atoms. The zero-order valence-corrected chi connectivity index (χ0v) is 17.1. The fourth-order valence-electron chi connectivity index (χ4n) is 2.73. The van der Waals surface area contributed by atoms with E-state index >= 15 is 0 Å². The van der Waals surface area contributed by atoms with Crippen LogP contribution in [0.2, 0.25) is 0 Å². The number of carbonyl (C=O) groups excluding carboxylic acids is 1. The molecule has 1 unspecified atom stereocenters. The lowest BCUT2D eigenvalue weighted by Gasteiger charge is -2.15. The Bertz CT molecular complexity index is 947. The van der Waals surface area contributed by atoms with E-state index in [9.17, 15) is 4.79 Å². The van der Waals surface area contributed by atoms with Crippen LogP contribution in [0.15, 0.2) is 60.4 Å². The van der Waals surface area contributed by atoms with Crippen LogP contribution in [0.25, 0.3) is 11.4 Å². The standard InChI is InChI=1S/C20H24N6OS/c1-5-13-25-18(16-9-7-6-8-10-16)23-24-20(25)28-15(4)19(27)22-17-11-12-21-26(17)14(2)3/h5-12,14-15H,1,13H2,2-4H3,(H,22,27). The quantitative estimate of drug-likeness (QED) is 0.459. The van der Waals surface area contributed by atoms with Gasteiger partial charge in [0, 0.05) is 24.2 Å². The molecule has 146 valence electrons. The van der Waals surface area contributed by atoms with Crippen LogP contribution < -0.4 is 5.32 Å². The Morgan fingerprint density at radius 3 is 2.64 bits per heavy atom. The molecule has 0 saturated heterocycles. The van der Waals surface area contributed by atoms with Gasteiger partial charge in [-0.1, -0.05) is 48.2 Å². The number of carbonyl (C=O) groups is 1. The minimum absolute atomic E-state index is 0.109. The second kappa shape index (κ2) is 8.88. The molecule has 8 heteroatoms. The molecule has 1 atom stereocenters. The molecule has 2 heterocycles. The Balaban J connectivity index is 1.77. The van der Waals surface area contributed by atoms with Crippen molar-refractivity contribution < 1.29 is 4.79 Å². The van der Waals surface area contributed by atoms with Crippen molar-refractivity contribution in [1.82, 2.24) is 24.5 Å². The summed E-state index contributed by atoms with van der Waals surface area (Å²) in [6, 6.07) is 11.8. The van der Waals surface area contributed by atoms with Crippen molar-refractivity contribution in [3.05, 3.63) is 55.3 Å². The Hall–Kier alpha value is -2.87. The maximum atomic E-state index is 12.7. The van der Waals surface area contributed by atoms with Gasteiger partial charge in [-0.2, -0.15) is 5.10 Å². The molecule has 0 aliphatic rings. The highest BCUT2D eigenvalue weighted by Crippen LogP contribution is 2.27. The highest BCUT2D eigenvalue weighted by atomic mass is 32.2. The molecule has 1 amide bonds. The molecule has 3 rings (SSSR count). The van der Waals surface area contributed by atoms with Crippen LogP contribution in [0, 0.1) is 0 Å². The first-order valence-corrected chi connectivity index (χ1v) is 9.99. The summed E-state index contributed by atoms with van der Waals surface area (Å²) in [7, 11) is 0. The molecule has 0 aliphatic carbocycles. The topological polar surface area (TPSA) is 77.6 Å². The van der Waals surface area contributed by atoms with Crippen molar-refractivity contribution in [3.8, 4) is 11.4 Å². The van der Waals surface area contributed by atoms with Crippen molar-refractivity contribution in [1.29, 1.82) is 0 Å². The Morgan fingerprint density at radius 2 is 1.96 bits per heavy atom. The van der Waals surface area contributed by atoms with Gasteiger partial charge in [-0.25, -0.2) is 4.68 Å². The zero-order chi connectivity index (χ0) is 20.1. The highest BCUT2D eigenvalue weighted by Gasteiger charge is 2.21. The molecule has 0 spiro atoms. The summed E-state index contributed by atoms with van der Waals surface area (Å²) in [6.07, 6.45) is 3.48. The second-order valence-corrected chi connectivity index (χ2v) is 7.88. The van der Waals surface area contributed by atoms with E-state index < -0.39 is 0 Å². The van der Waals surface area contributed by atoms with Gasteiger partial charge in [-0.3, -0.25) is 9.36 Å². The summed E-state index contributed by atoms with van der Waals surface area (Å²) < 4.78 is 3.75. The number of hydrogen-bond donors (Lipinski definition) is 1. The average Bonchev–Trinajstić information content (AvgIpc) is 3.30. The summed E-state index contributed by atoms with van der Waals surface area (Å²) in [5.74, 6) is 1.33. The zero-order valence-electron chi connectivity index (χ0n) is 16.2. The number of hydrogen-bond acceptors (Lipinski definition) is 5. The van der Waals surface area contributed by atoms with E-state index in [2.05, 4.69) is 27.2 Å². The van der Waals surface area contributed by atoms with Crippen molar-refractivity contribution in [2.24, 2.45) is 0 Å². The van der Waals surface area contributed by atoms with Crippen molar-refractivity contribution in [2.45, 2.75) is 43.8 Å². The number of nitrogens with zero attached hydrogens (tertiary/aromatic N) is 5. The molecule has 1 aromatic carbocycles. The summed E-state index contributed by atoms with van der Waals surface area (Å²) in [5.41, 5.74) is 0.974. The molecule has 0 bridgehead atoms. The average molecular weight is 397 g/mol. The molecule has 0 radical (unpaired) electrons. The summed E-state index contributed by atoms with van der Waals surface area (Å²) >= 11 is 1.37. The highest BCUT2D eigenvalue weighted by molar-refractivity contribution is 8.00. The molecular formula is C20H24N6OS. The van der Waals surface area contributed by atoms with Gasteiger partial charge >= 0.3 is 0 Å². The predicted octanol–water partition coefficient (Wildman–Crippen LogP) is 4.03. The maximum Gasteiger partial charge on any atom is 0.238 e. The van der Waals surface area contributed by atoms with Crippen LogP contribution in [-0.2, 0) is 11.3 Å². The number of anilines is 1. The van der Waals surface area contributed by atoms with Gasteiger partial charge in [0.2, 0.25) is 5.91 Å². The summed E-state index contributed by atoms with van der Waals surface area (Å²) in [5, 5.41) is 16.2. The van der Waals surface area contributed by atoms with E-state index in [1.54, 1.807) is 23.0 Å². The molecule has 0 fully saturated rings. The number of thioether (sulfide) groups is 1. The number of allylic oxidation sites excluding steroid dienone is 1. The Morgan fingerprint density at radius 1 is 1.21 bits per heavy atom. The van der Waals surface area contributed by atoms with Crippen LogP contribution >= 0.6 is 11.8 Å². The fraction of sp³-hybridized carbons (Fsp3) is 0.300. The first-order valence-electron chi connectivity index (χ1n) is 9.11. The van der Waals surface area contributed by atoms with E-state index in [0.717, 1.165) is 11.4 Å². The van der Waals surface area contributed by atoms with Crippen molar-refractivity contribution >= 4 is 23.5 Å². The Kier molecular flexibility index (Phi) is 6.30. The number of aromatic nitrogens is 5. The molecule has 0 aliphatic heterocycles. The third-order valence-corrected chi connectivity index (χ3v) is 5.20. The van der Waals surface area contributed by atoms with Crippen LogP contribution in [0.1, 0.15) is 26.8 Å². The van der Waals surface area contributed by atoms with Gasteiger partial charge < -0.3 is 5.32 Å². The number of benzene rings is 1. The first kappa shape index (κ1) is 19.9. The molecule has 7 nitrogen and oxygen atoms in total. The van der Waals surface area contributed by atoms with E-state index in [1.165, 1.54) is 11.8 Å². The fourth-order valence-corrected chi connectivity index (χ4v) is 3.59. The Labute approximate surface area is 168 Å². The minimum atomic E-state index is -0.355. The van der Waals surface area contributed by atoms with Gasteiger partial charge in [0.15, 0.2) is 11.0 Å². The SMILES string of the molecule is C=CCn1c(SC(C)C(=O)Nc2ccnn2C(C)C)nnc1-c1ccccc1. The molecule has 1 N–H and O–H groups in total. The first-order chi connectivity index (χ1) is 13.5. The lowest BCUT2D eigenvalue weighted by Crippen LogP contribution is -2.25. The third kappa shape index (κ3) is 4.33. The van der Waals surface area contributed by atoms with Gasteiger partial charge in [0.25, 0.3) is 0 Å². The normalized spacial score (nSPS) is 12.1. The van der Waals surface area contributed by atoms with Gasteiger partial charge in [0.05, 0.1) is 11.4 Å². The van der Waals surface area contributed by atoms with E-state index in [4.69, 9.17) is 0 Å². The lowest BCUT2D eigenvalue weighted by atomic mass is 10.2. The monoisotopic (exact) mass is 396 g/mol. The van der Waals surface area contributed by atoms with Gasteiger partial charge in [-0.15, -0.1) is 16.8 Å². The summed E-state index contributed by atoms with van der Waals surface area (Å²) in [6.45, 7) is 10.3. The van der Waals surface area contributed by atoms with Crippen molar-refractivity contribution in [2.75, 3.05) is 5.32 Å². The van der Waals surface area contributed by atoms with Crippen LogP contribution in [0.4, 0.5) is 5.82 Å². The van der Waals surface area contributed by atoms with Gasteiger partial charge in [0.1, 0.15) is 5.82 Å². The molecule has 2 aromatic heterocycles. The molecule has 0 saturated carbocycles. The third-order valence-electron chi connectivity index (χ3n) is 4.12. The lowest BCUT2D eigenvalue weighted by molar-refractivity contribution is -0.115. The van der Waals surface area contributed by atoms with Crippen LogP contribution in [0.5, 0.6) is 0 Å². The second-order valence-electron chi connectivity index (χ2n) is 6.58. The number of amides is 1. The van der Waals surface area contributed by atoms with Crippen molar-refractivity contribution in [3.63, 3.8) is 0 Å². The maximum absolute atomic E-state index is 12.7. The number of rotatable bonds is 8. The van der Waals surface area contributed by atoms with Crippen LogP contribution in [0.3, 0.4) is 0 Å². The van der Waals surface area contributed by atoms with E-state index in [0.29, 0.717) is 17.5 Å². The van der Waals surface area contributed by atoms with Gasteiger partial charge in [-0.05, 0) is 20.8 Å². The summed E-state index contributed by atoms with van der Waals surface area (Å²) in [4.78, 5) is 12.7. The van der Waals surface area contributed by atoms with Crippen LogP contribution in [-0.4, -0.2) is 35.7 Å². The largest absolute Gasteiger partial charge is 0.310 e. The minimum Gasteiger partial charge on any atom is -0.310 e. The smallest absolute Gasteiger partial charge is 0.238 e.